The third-order valence-electron chi connectivity index (χ3n) is 2.78. The van der Waals surface area contributed by atoms with Gasteiger partial charge >= 0.3 is 0 Å². The van der Waals surface area contributed by atoms with Crippen molar-refractivity contribution in [1.82, 2.24) is 15.5 Å². The minimum atomic E-state index is -1.02. The van der Waals surface area contributed by atoms with Gasteiger partial charge in [-0.1, -0.05) is 34.7 Å². The van der Waals surface area contributed by atoms with Crippen LogP contribution in [-0.2, 0) is 9.59 Å². The zero-order valence-corrected chi connectivity index (χ0v) is 15.1. The van der Waals surface area contributed by atoms with Gasteiger partial charge in [0.05, 0.1) is 5.02 Å². The summed E-state index contributed by atoms with van der Waals surface area (Å²) in [6, 6.07) is 5.21. The molecule has 0 atom stereocenters. The number of nitrogens with zero attached hydrogens (tertiary/aromatic N) is 2. The normalized spacial score (nSPS) is 11.1. The van der Waals surface area contributed by atoms with Gasteiger partial charge in [-0.3, -0.25) is 9.59 Å². The molecule has 0 bridgehead atoms. The Morgan fingerprint density at radius 3 is 2.65 bits per heavy atom. The van der Waals surface area contributed by atoms with E-state index in [-0.39, 0.29) is 11.8 Å². The molecule has 122 valence electrons. The van der Waals surface area contributed by atoms with E-state index in [0.717, 1.165) is 9.24 Å². The van der Waals surface area contributed by atoms with E-state index in [4.69, 9.17) is 11.6 Å². The Morgan fingerprint density at radius 2 is 2.09 bits per heavy atom. The van der Waals surface area contributed by atoms with Crippen molar-refractivity contribution in [3.05, 3.63) is 28.7 Å². The van der Waals surface area contributed by atoms with Gasteiger partial charge in [0.25, 0.3) is 0 Å². The van der Waals surface area contributed by atoms with Crippen LogP contribution in [0.4, 0.5) is 5.69 Å². The predicted octanol–water partition coefficient (Wildman–Crippen LogP) is 3.20. The molecule has 2 N–H and O–H groups in total. The number of aromatic nitrogens is 2. The van der Waals surface area contributed by atoms with Crippen LogP contribution in [0.25, 0.3) is 0 Å². The highest BCUT2D eigenvalue weighted by atomic mass is 35.5. The van der Waals surface area contributed by atoms with Gasteiger partial charge in [-0.05, 0) is 32.0 Å². The van der Waals surface area contributed by atoms with Crippen molar-refractivity contribution >= 4 is 52.2 Å². The first-order chi connectivity index (χ1) is 10.8. The molecule has 0 spiro atoms. The molecule has 9 heteroatoms. The van der Waals surface area contributed by atoms with Crippen LogP contribution in [0.1, 0.15) is 20.8 Å². The Morgan fingerprint density at radius 1 is 1.35 bits per heavy atom. The van der Waals surface area contributed by atoms with E-state index in [1.165, 1.54) is 30.0 Å². The molecule has 1 aromatic heterocycles. The number of rotatable bonds is 5. The molecule has 23 heavy (non-hydrogen) atoms. The molecule has 1 heterocycles. The second-order valence-electron chi connectivity index (χ2n) is 5.21. The quantitative estimate of drug-likeness (QED) is 0.844. The first kappa shape index (κ1) is 17.7. The summed E-state index contributed by atoms with van der Waals surface area (Å²) in [6.07, 6.45) is 0. The molecule has 2 amide bonds. The molecule has 6 nitrogen and oxygen atoms in total. The number of halogens is 1. The van der Waals surface area contributed by atoms with E-state index in [2.05, 4.69) is 20.8 Å². The largest absolute Gasteiger partial charge is 0.342 e. The summed E-state index contributed by atoms with van der Waals surface area (Å²) in [7, 11) is 0. The summed E-state index contributed by atoms with van der Waals surface area (Å²) in [6.45, 7) is 4.63. The molecule has 0 unspecified atom stereocenters. The third kappa shape index (κ3) is 4.92. The number of amides is 2. The highest BCUT2D eigenvalue weighted by Gasteiger charge is 2.28. The van der Waals surface area contributed by atoms with Crippen LogP contribution in [-0.4, -0.2) is 27.6 Å². The van der Waals surface area contributed by atoms with Gasteiger partial charge in [-0.2, -0.15) is 0 Å². The van der Waals surface area contributed by atoms with Crippen LogP contribution < -0.4 is 10.6 Å². The Kier molecular flexibility index (Phi) is 5.61. The highest BCUT2D eigenvalue weighted by molar-refractivity contribution is 8.01. The van der Waals surface area contributed by atoms with Crippen molar-refractivity contribution in [2.24, 2.45) is 0 Å². The van der Waals surface area contributed by atoms with Gasteiger partial charge in [0.15, 0.2) is 4.34 Å². The summed E-state index contributed by atoms with van der Waals surface area (Å²) >= 11 is 9.07. The first-order valence-corrected chi connectivity index (χ1v) is 8.69. The van der Waals surface area contributed by atoms with Crippen molar-refractivity contribution in [1.29, 1.82) is 0 Å². The molecule has 0 radical (unpaired) electrons. The molecule has 0 aliphatic heterocycles. The lowest BCUT2D eigenvalue weighted by atomic mass is 10.0. The maximum atomic E-state index is 12.2. The fraction of sp³-hybridized carbons (Fsp3) is 0.286. The number of benzene rings is 1. The lowest BCUT2D eigenvalue weighted by Gasteiger charge is -2.24. The number of hydrogen-bond acceptors (Lipinski definition) is 6. The number of nitrogens with one attached hydrogen (secondary N) is 2. The van der Waals surface area contributed by atoms with Gasteiger partial charge in [-0.25, -0.2) is 0 Å². The van der Waals surface area contributed by atoms with Crippen LogP contribution in [0.5, 0.6) is 0 Å². The standard InChI is InChI=1S/C14H15ClN4O2S2/c1-8(20)18-14(2,3)12(21)17-9-4-5-11(10(15)6-9)23-13-19-16-7-22-13/h4-7H,1-3H3,(H,17,21)(H,18,20). The minimum Gasteiger partial charge on any atom is -0.342 e. The molecule has 1 aromatic carbocycles. The van der Waals surface area contributed by atoms with Gasteiger partial charge in [0.2, 0.25) is 11.8 Å². The van der Waals surface area contributed by atoms with Crippen LogP contribution in [0.15, 0.2) is 32.9 Å². The monoisotopic (exact) mass is 370 g/mol. The third-order valence-corrected chi connectivity index (χ3v) is 5.06. The SMILES string of the molecule is CC(=O)NC(C)(C)C(=O)Nc1ccc(Sc2nncs2)c(Cl)c1. The predicted molar refractivity (Wildman–Crippen MR) is 92.0 cm³/mol. The molecule has 2 rings (SSSR count). The molecular formula is C14H15ClN4O2S2. The number of hydrogen-bond donors (Lipinski definition) is 2. The topological polar surface area (TPSA) is 84.0 Å². The van der Waals surface area contributed by atoms with Crippen molar-refractivity contribution in [2.45, 2.75) is 35.5 Å². The molecule has 0 aliphatic rings. The summed E-state index contributed by atoms with van der Waals surface area (Å²) in [5.41, 5.74) is 1.19. The average molecular weight is 371 g/mol. The molecule has 0 aliphatic carbocycles. The maximum absolute atomic E-state index is 12.2. The summed E-state index contributed by atoms with van der Waals surface area (Å²) in [5.74, 6) is -0.597. The molecular weight excluding hydrogens is 356 g/mol. The summed E-state index contributed by atoms with van der Waals surface area (Å²) in [5, 5.41) is 13.5. The van der Waals surface area contributed by atoms with E-state index >= 15 is 0 Å². The van der Waals surface area contributed by atoms with Crippen molar-refractivity contribution in [3.63, 3.8) is 0 Å². The zero-order valence-electron chi connectivity index (χ0n) is 12.7. The van der Waals surface area contributed by atoms with Gasteiger partial charge in [-0.15, -0.1) is 10.2 Å². The van der Waals surface area contributed by atoms with Crippen molar-refractivity contribution in [2.75, 3.05) is 5.32 Å². The van der Waals surface area contributed by atoms with Gasteiger partial charge in [0.1, 0.15) is 11.0 Å². The molecule has 2 aromatic rings. The van der Waals surface area contributed by atoms with Gasteiger partial charge < -0.3 is 10.6 Å². The highest BCUT2D eigenvalue weighted by Crippen LogP contribution is 2.35. The number of carbonyl (C=O) groups is 2. The fourth-order valence-electron chi connectivity index (χ4n) is 1.75. The molecule has 0 fully saturated rings. The zero-order chi connectivity index (χ0) is 17.0. The van der Waals surface area contributed by atoms with Crippen molar-refractivity contribution in [3.8, 4) is 0 Å². The average Bonchev–Trinajstić information content (AvgIpc) is 2.93. The van der Waals surface area contributed by atoms with Crippen LogP contribution in [0.2, 0.25) is 5.02 Å². The first-order valence-electron chi connectivity index (χ1n) is 6.62. The Bertz CT molecular complexity index is 720. The van der Waals surface area contributed by atoms with Crippen molar-refractivity contribution < 1.29 is 9.59 Å². The molecule has 0 saturated heterocycles. The summed E-state index contributed by atoms with van der Waals surface area (Å²) < 4.78 is 0.787. The van der Waals surface area contributed by atoms with Crippen LogP contribution in [0.3, 0.4) is 0 Å². The van der Waals surface area contributed by atoms with E-state index in [9.17, 15) is 9.59 Å². The van der Waals surface area contributed by atoms with E-state index in [0.29, 0.717) is 10.7 Å². The number of carbonyl (C=O) groups excluding carboxylic acids is 2. The summed E-state index contributed by atoms with van der Waals surface area (Å²) in [4.78, 5) is 24.2. The van der Waals surface area contributed by atoms with Crippen LogP contribution in [0, 0.1) is 0 Å². The number of anilines is 1. The second kappa shape index (κ2) is 7.29. The second-order valence-corrected chi connectivity index (χ2v) is 7.74. The van der Waals surface area contributed by atoms with E-state index in [1.807, 2.05) is 0 Å². The van der Waals surface area contributed by atoms with Gasteiger partial charge in [0, 0.05) is 17.5 Å². The van der Waals surface area contributed by atoms with E-state index in [1.54, 1.807) is 37.6 Å². The Labute approximate surface area is 147 Å². The Balaban J connectivity index is 2.08. The lowest BCUT2D eigenvalue weighted by Crippen LogP contribution is -2.51. The fourth-order valence-corrected chi connectivity index (χ4v) is 3.48. The minimum absolute atomic E-state index is 0.271. The van der Waals surface area contributed by atoms with E-state index < -0.39 is 5.54 Å². The Hall–Kier alpha value is -1.64. The lowest BCUT2D eigenvalue weighted by molar-refractivity contribution is -0.128. The smallest absolute Gasteiger partial charge is 0.249 e. The molecule has 0 saturated carbocycles. The maximum Gasteiger partial charge on any atom is 0.249 e. The van der Waals surface area contributed by atoms with Crippen LogP contribution >= 0.6 is 34.7 Å².